The predicted octanol–water partition coefficient (Wildman–Crippen LogP) is 4.49. The van der Waals surface area contributed by atoms with E-state index in [1.165, 1.54) is 44.9 Å². The van der Waals surface area contributed by atoms with Crippen LogP contribution in [0, 0.1) is 23.7 Å². The largest absolute Gasteiger partial charge is 0.356 e. The van der Waals surface area contributed by atoms with Crippen molar-refractivity contribution in [1.82, 2.24) is 10.3 Å². The number of aromatic nitrogens is 1. The van der Waals surface area contributed by atoms with Gasteiger partial charge in [0.25, 0.3) is 0 Å². The van der Waals surface area contributed by atoms with E-state index in [2.05, 4.69) is 15.2 Å². The zero-order chi connectivity index (χ0) is 19.9. The van der Waals surface area contributed by atoms with Crippen LogP contribution < -0.4 is 10.2 Å². The summed E-state index contributed by atoms with van der Waals surface area (Å²) in [5, 5.41) is 19.8. The van der Waals surface area contributed by atoms with Gasteiger partial charge in [-0.2, -0.15) is 0 Å². The van der Waals surface area contributed by atoms with Gasteiger partial charge in [-0.1, -0.05) is 19.3 Å². The van der Waals surface area contributed by atoms with Gasteiger partial charge in [0, 0.05) is 36.6 Å². The molecule has 5 nitrogen and oxygen atoms in total. The molecule has 1 aliphatic heterocycles. The molecule has 0 aromatic carbocycles. The maximum absolute atomic E-state index is 8.44. The first kappa shape index (κ1) is 20.7. The lowest BCUT2D eigenvalue weighted by Crippen LogP contribution is -2.41. The van der Waals surface area contributed by atoms with Crippen LogP contribution in [0.4, 0.5) is 5.82 Å². The summed E-state index contributed by atoms with van der Waals surface area (Å²) in [6.45, 7) is 6.89. The quantitative estimate of drug-likeness (QED) is 0.609. The van der Waals surface area contributed by atoms with Gasteiger partial charge in [0.15, 0.2) is 0 Å². The molecule has 1 aromatic rings. The Balaban J connectivity index is 1.59. The van der Waals surface area contributed by atoms with E-state index in [0.29, 0.717) is 11.4 Å². The van der Waals surface area contributed by atoms with Crippen molar-refractivity contribution in [3.05, 3.63) is 35.5 Å². The summed E-state index contributed by atoms with van der Waals surface area (Å²) in [6.07, 6.45) is 14.5. The van der Waals surface area contributed by atoms with Crippen molar-refractivity contribution in [2.24, 2.45) is 5.92 Å². The smallest absolute Gasteiger partial charge is 0.137 e. The van der Waals surface area contributed by atoms with Crippen LogP contribution in [-0.4, -0.2) is 42.1 Å². The van der Waals surface area contributed by atoms with E-state index in [-0.39, 0.29) is 0 Å². The van der Waals surface area contributed by atoms with E-state index in [9.17, 15) is 0 Å². The molecule has 1 saturated heterocycles. The Labute approximate surface area is 169 Å². The second-order valence-electron chi connectivity index (χ2n) is 8.49. The molecule has 2 aliphatic rings. The molecule has 0 unspecified atom stereocenters. The lowest BCUT2D eigenvalue weighted by atomic mass is 9.92. The van der Waals surface area contributed by atoms with E-state index >= 15 is 0 Å². The van der Waals surface area contributed by atoms with Crippen LogP contribution in [-0.2, 0) is 0 Å². The minimum Gasteiger partial charge on any atom is -0.356 e. The first-order valence-corrected chi connectivity index (χ1v) is 10.8. The van der Waals surface area contributed by atoms with Gasteiger partial charge in [0.05, 0.1) is 5.71 Å². The highest BCUT2D eigenvalue weighted by Gasteiger charge is 2.23. The number of rotatable bonds is 7. The van der Waals surface area contributed by atoms with Gasteiger partial charge in [-0.15, -0.1) is 0 Å². The summed E-state index contributed by atoms with van der Waals surface area (Å²) < 4.78 is 0. The van der Waals surface area contributed by atoms with Gasteiger partial charge < -0.3 is 21.0 Å². The van der Waals surface area contributed by atoms with E-state index < -0.39 is 0 Å². The Kier molecular flexibility index (Phi) is 7.37. The van der Waals surface area contributed by atoms with E-state index in [1.807, 2.05) is 19.2 Å². The van der Waals surface area contributed by atoms with Crippen LogP contribution >= 0.6 is 0 Å². The average Bonchev–Trinajstić information content (AvgIpc) is 2.71. The van der Waals surface area contributed by atoms with Gasteiger partial charge in [0.1, 0.15) is 5.82 Å². The molecule has 152 valence electrons. The molecule has 2 heterocycles. The van der Waals surface area contributed by atoms with Crippen LogP contribution in [0.2, 0.25) is 0 Å². The molecule has 0 radical (unpaired) electrons. The average molecular weight is 382 g/mol. The summed E-state index contributed by atoms with van der Waals surface area (Å²) >= 11 is 0. The van der Waals surface area contributed by atoms with Crippen molar-refractivity contribution < 1.29 is 0 Å². The highest BCUT2D eigenvalue weighted by molar-refractivity contribution is 6.12. The van der Waals surface area contributed by atoms with Crippen LogP contribution in [0.1, 0.15) is 63.0 Å². The number of piperidine rings is 1. The van der Waals surface area contributed by atoms with Gasteiger partial charge >= 0.3 is 0 Å². The van der Waals surface area contributed by atoms with Crippen molar-refractivity contribution >= 4 is 17.2 Å². The number of anilines is 1. The molecule has 3 N–H and O–H groups in total. The lowest BCUT2D eigenvalue weighted by Gasteiger charge is -2.35. The minimum atomic E-state index is 0.430. The molecule has 1 saturated carbocycles. The van der Waals surface area contributed by atoms with Gasteiger partial charge in [-0.05, 0) is 75.8 Å². The van der Waals surface area contributed by atoms with Crippen molar-refractivity contribution in [1.29, 1.82) is 10.8 Å². The molecule has 1 aromatic heterocycles. The van der Waals surface area contributed by atoms with Crippen LogP contribution in [0.5, 0.6) is 0 Å². The number of hydrogen-bond acceptors (Lipinski definition) is 5. The monoisotopic (exact) mass is 381 g/mol. The zero-order valence-corrected chi connectivity index (χ0v) is 17.4. The highest BCUT2D eigenvalue weighted by Crippen LogP contribution is 2.26. The Hall–Kier alpha value is -2.01. The highest BCUT2D eigenvalue weighted by atomic mass is 15.2. The first-order valence-electron chi connectivity index (χ1n) is 10.8. The van der Waals surface area contributed by atoms with Gasteiger partial charge in [-0.25, -0.2) is 4.98 Å². The molecule has 0 bridgehead atoms. The van der Waals surface area contributed by atoms with E-state index in [0.717, 1.165) is 48.5 Å². The normalized spacial score (nSPS) is 19.3. The molecule has 0 spiro atoms. The van der Waals surface area contributed by atoms with E-state index in [1.54, 1.807) is 19.1 Å². The van der Waals surface area contributed by atoms with Gasteiger partial charge in [0.2, 0.25) is 0 Å². The van der Waals surface area contributed by atoms with Crippen LogP contribution in [0.3, 0.4) is 0 Å². The molecule has 3 rings (SSSR count). The Morgan fingerprint density at radius 3 is 2.54 bits per heavy atom. The van der Waals surface area contributed by atoms with E-state index in [4.69, 9.17) is 10.8 Å². The third-order valence-electron chi connectivity index (χ3n) is 6.01. The van der Waals surface area contributed by atoms with Crippen molar-refractivity contribution in [2.45, 2.75) is 64.8 Å². The standard InChI is InChI=1S/C23H35N5/c1-17-14-21(22(25)9-8-18(2)24)23(27-15-17)28-12-10-19(11-13-28)16-26-20-6-4-3-5-7-20/h8-9,14-15,19-20,24-26H,3-7,10-13,16H2,1-2H3/b9-8-,24-18?,25-22?. The first-order chi connectivity index (χ1) is 13.5. The van der Waals surface area contributed by atoms with Crippen molar-refractivity contribution in [3.8, 4) is 0 Å². The predicted molar refractivity (Wildman–Crippen MR) is 118 cm³/mol. The van der Waals surface area contributed by atoms with Crippen LogP contribution in [0.15, 0.2) is 24.4 Å². The topological polar surface area (TPSA) is 75.9 Å². The molecule has 28 heavy (non-hydrogen) atoms. The fraction of sp³-hybridized carbons (Fsp3) is 0.609. The number of pyridine rings is 1. The van der Waals surface area contributed by atoms with Crippen LogP contribution in [0.25, 0.3) is 0 Å². The van der Waals surface area contributed by atoms with Gasteiger partial charge in [-0.3, -0.25) is 0 Å². The fourth-order valence-corrected chi connectivity index (χ4v) is 4.30. The Morgan fingerprint density at radius 2 is 1.86 bits per heavy atom. The molecule has 0 atom stereocenters. The summed E-state index contributed by atoms with van der Waals surface area (Å²) in [7, 11) is 0. The van der Waals surface area contributed by atoms with Crippen molar-refractivity contribution in [2.75, 3.05) is 24.5 Å². The lowest BCUT2D eigenvalue weighted by molar-refractivity contribution is 0.319. The molecule has 5 heteroatoms. The zero-order valence-electron chi connectivity index (χ0n) is 17.4. The maximum atomic E-state index is 8.44. The Bertz CT molecular complexity index is 710. The summed E-state index contributed by atoms with van der Waals surface area (Å²) in [6, 6.07) is 2.78. The summed E-state index contributed by atoms with van der Waals surface area (Å²) in [5.41, 5.74) is 2.82. The molecule has 1 aliphatic carbocycles. The number of nitrogens with one attached hydrogen (secondary N) is 3. The Morgan fingerprint density at radius 1 is 1.14 bits per heavy atom. The fourth-order valence-electron chi connectivity index (χ4n) is 4.30. The third-order valence-corrected chi connectivity index (χ3v) is 6.01. The third kappa shape index (κ3) is 5.74. The second-order valence-corrected chi connectivity index (χ2v) is 8.49. The minimum absolute atomic E-state index is 0.430. The maximum Gasteiger partial charge on any atom is 0.137 e. The molecular formula is C23H35N5. The number of nitrogens with zero attached hydrogens (tertiary/aromatic N) is 2. The summed E-state index contributed by atoms with van der Waals surface area (Å²) in [4.78, 5) is 7.02. The SMILES string of the molecule is CC(=N)/C=C\C(=N)c1cc(C)cnc1N1CCC(CNC2CCCCC2)CC1. The second kappa shape index (κ2) is 9.97. The molecule has 2 fully saturated rings. The number of hydrogen-bond donors (Lipinski definition) is 3. The number of allylic oxidation sites excluding steroid dienone is 2. The molecule has 0 amide bonds. The molecular weight excluding hydrogens is 346 g/mol. The van der Waals surface area contributed by atoms with Crippen molar-refractivity contribution in [3.63, 3.8) is 0 Å². The number of aryl methyl sites for hydroxylation is 1. The summed E-state index contributed by atoms with van der Waals surface area (Å²) in [5.74, 6) is 1.66.